The van der Waals surface area contributed by atoms with Gasteiger partial charge in [0, 0.05) is 12.8 Å². The number of ether oxygens (including phenoxy) is 1. The van der Waals surface area contributed by atoms with Crippen LogP contribution in [-0.2, 0) is 14.3 Å². The van der Waals surface area contributed by atoms with E-state index < -0.39 is 11.9 Å². The van der Waals surface area contributed by atoms with E-state index in [9.17, 15) is 14.7 Å². The number of hydrogen-bond donors (Lipinski definition) is 2. The number of aliphatic hydroxyl groups excluding tert-OH is 1. The molecule has 5 heteroatoms. The van der Waals surface area contributed by atoms with E-state index in [-0.39, 0.29) is 11.5 Å². The molecule has 0 unspecified atom stereocenters. The third-order valence-corrected chi connectivity index (χ3v) is 4.86. The van der Waals surface area contributed by atoms with Gasteiger partial charge in [0.1, 0.15) is 5.76 Å². The number of hydrogen-bond acceptors (Lipinski definition) is 4. The third-order valence-electron chi connectivity index (χ3n) is 4.86. The summed E-state index contributed by atoms with van der Waals surface area (Å²) in [5.74, 6) is -1.70. The minimum absolute atomic E-state index is 0.00411. The molecule has 0 amide bonds. The van der Waals surface area contributed by atoms with E-state index in [2.05, 4.69) is 13.8 Å². The molecule has 0 aliphatic carbocycles. The highest BCUT2D eigenvalue weighted by Gasteiger charge is 2.09. The Hall–Kier alpha value is -1.78. The fraction of sp³-hybridized carbons (Fsp3) is 0.750. The van der Waals surface area contributed by atoms with Crippen molar-refractivity contribution in [3.05, 3.63) is 23.7 Å². The van der Waals surface area contributed by atoms with E-state index in [1.54, 1.807) is 0 Å². The van der Waals surface area contributed by atoms with Crippen molar-refractivity contribution >= 4 is 11.9 Å². The lowest BCUT2D eigenvalue weighted by molar-refractivity contribution is -0.134. The van der Waals surface area contributed by atoms with Crippen LogP contribution in [0.2, 0.25) is 0 Å². The molecule has 0 bridgehead atoms. The normalized spacial score (nSPS) is 12.2. The van der Waals surface area contributed by atoms with Crippen LogP contribution >= 0.6 is 0 Å². The predicted molar refractivity (Wildman–Crippen MR) is 118 cm³/mol. The summed E-state index contributed by atoms with van der Waals surface area (Å²) in [5, 5.41) is 18.8. The molecule has 2 N–H and O–H groups in total. The van der Waals surface area contributed by atoms with Gasteiger partial charge in [0.25, 0.3) is 0 Å². The third kappa shape index (κ3) is 19.3. The number of carbonyl (C=O) groups excluding carboxylic acids is 1. The maximum Gasteiger partial charge on any atom is 0.339 e. The van der Waals surface area contributed by atoms with E-state index >= 15 is 0 Å². The Bertz CT molecular complexity index is 493. The van der Waals surface area contributed by atoms with Gasteiger partial charge in [-0.1, -0.05) is 90.9 Å². The molecule has 0 fully saturated rings. The number of carboxylic acids is 1. The summed E-state index contributed by atoms with van der Waals surface area (Å²) in [4.78, 5) is 22.9. The largest absolute Gasteiger partial charge is 0.512 e. The highest BCUT2D eigenvalue weighted by atomic mass is 16.5. The summed E-state index contributed by atoms with van der Waals surface area (Å²) in [6.07, 6.45) is 18.7. The number of aliphatic carboxylic acids is 1. The van der Waals surface area contributed by atoms with Crippen LogP contribution in [0.3, 0.4) is 0 Å². The van der Waals surface area contributed by atoms with Gasteiger partial charge < -0.3 is 14.9 Å². The van der Waals surface area contributed by atoms with Crippen LogP contribution in [0.5, 0.6) is 0 Å². The van der Waals surface area contributed by atoms with Crippen LogP contribution in [-0.4, -0.2) is 22.2 Å². The van der Waals surface area contributed by atoms with Crippen LogP contribution in [0.1, 0.15) is 117 Å². The molecular weight excluding hydrogens is 368 g/mol. The first kappa shape index (κ1) is 27.2. The van der Waals surface area contributed by atoms with E-state index in [1.165, 1.54) is 38.5 Å². The first-order valence-corrected chi connectivity index (χ1v) is 11.5. The van der Waals surface area contributed by atoms with Crippen molar-refractivity contribution in [3.63, 3.8) is 0 Å². The van der Waals surface area contributed by atoms with Gasteiger partial charge in [-0.25, -0.2) is 9.59 Å². The van der Waals surface area contributed by atoms with Crippen molar-refractivity contribution in [2.75, 3.05) is 0 Å². The van der Waals surface area contributed by atoms with Gasteiger partial charge in [-0.05, 0) is 12.8 Å². The minimum atomic E-state index is -1.13. The van der Waals surface area contributed by atoms with Crippen molar-refractivity contribution in [3.8, 4) is 0 Å². The molecule has 0 aromatic heterocycles. The minimum Gasteiger partial charge on any atom is -0.512 e. The molecule has 0 heterocycles. The van der Waals surface area contributed by atoms with Crippen LogP contribution in [0, 0.1) is 0 Å². The van der Waals surface area contributed by atoms with Crippen LogP contribution < -0.4 is 0 Å². The van der Waals surface area contributed by atoms with Crippen molar-refractivity contribution in [2.45, 2.75) is 117 Å². The van der Waals surface area contributed by atoms with E-state index in [0.717, 1.165) is 63.5 Å². The Morgan fingerprint density at radius 1 is 0.655 bits per heavy atom. The highest BCUT2D eigenvalue weighted by molar-refractivity contribution is 5.85. The maximum atomic E-state index is 11.9. The monoisotopic (exact) mass is 410 g/mol. The quantitative estimate of drug-likeness (QED) is 0.102. The standard InChI is InChI=1S/C24H42O5/c1-3-5-7-9-10-11-12-14-15-17-21(25)19-24(28)29-22(20-23(26)27)18-16-13-8-6-4-2/h19-20,25H,3-18H2,1-2H3,(H,26,27). The first-order valence-electron chi connectivity index (χ1n) is 11.5. The number of rotatable bonds is 19. The molecule has 0 radical (unpaired) electrons. The van der Waals surface area contributed by atoms with Crippen molar-refractivity contribution in [1.29, 1.82) is 0 Å². The van der Waals surface area contributed by atoms with Crippen molar-refractivity contribution in [2.24, 2.45) is 0 Å². The Morgan fingerprint density at radius 3 is 1.59 bits per heavy atom. The summed E-state index contributed by atoms with van der Waals surface area (Å²) >= 11 is 0. The molecule has 0 saturated carbocycles. The van der Waals surface area contributed by atoms with Crippen molar-refractivity contribution in [1.82, 2.24) is 0 Å². The summed E-state index contributed by atoms with van der Waals surface area (Å²) in [5.41, 5.74) is 0. The summed E-state index contributed by atoms with van der Waals surface area (Å²) in [6, 6.07) is 0. The number of esters is 1. The second kappa shape index (κ2) is 19.5. The smallest absolute Gasteiger partial charge is 0.339 e. The summed E-state index contributed by atoms with van der Waals surface area (Å²) < 4.78 is 5.14. The van der Waals surface area contributed by atoms with Gasteiger partial charge in [0.05, 0.1) is 17.9 Å². The first-order chi connectivity index (χ1) is 14.0. The number of carbonyl (C=O) groups is 2. The Labute approximate surface area is 177 Å². The fourth-order valence-corrected chi connectivity index (χ4v) is 3.18. The van der Waals surface area contributed by atoms with Gasteiger partial charge in [-0.2, -0.15) is 0 Å². The van der Waals surface area contributed by atoms with Gasteiger partial charge in [-0.3, -0.25) is 0 Å². The topological polar surface area (TPSA) is 83.8 Å². The average Bonchev–Trinajstić information content (AvgIpc) is 2.65. The number of aliphatic hydroxyl groups is 1. The molecule has 5 nitrogen and oxygen atoms in total. The van der Waals surface area contributed by atoms with Gasteiger partial charge in [-0.15, -0.1) is 0 Å². The highest BCUT2D eigenvalue weighted by Crippen LogP contribution is 2.15. The molecule has 0 atom stereocenters. The second-order valence-electron chi connectivity index (χ2n) is 7.75. The fourth-order valence-electron chi connectivity index (χ4n) is 3.18. The summed E-state index contributed by atoms with van der Waals surface area (Å²) in [6.45, 7) is 4.35. The molecule has 0 saturated heterocycles. The molecule has 0 aromatic carbocycles. The van der Waals surface area contributed by atoms with Gasteiger partial charge in [0.2, 0.25) is 0 Å². The molecule has 0 aliphatic heterocycles. The second-order valence-corrected chi connectivity index (χ2v) is 7.75. The van der Waals surface area contributed by atoms with E-state index in [1.807, 2.05) is 0 Å². The molecule has 168 valence electrons. The number of allylic oxidation sites excluding steroid dienone is 2. The lowest BCUT2D eigenvalue weighted by Crippen LogP contribution is -2.05. The Balaban J connectivity index is 4.10. The zero-order chi connectivity index (χ0) is 21.7. The number of carboxylic acid groups (broad SMARTS) is 1. The lowest BCUT2D eigenvalue weighted by Gasteiger charge is -2.07. The zero-order valence-electron chi connectivity index (χ0n) is 18.6. The van der Waals surface area contributed by atoms with E-state index in [0.29, 0.717) is 12.8 Å². The van der Waals surface area contributed by atoms with Crippen LogP contribution in [0.25, 0.3) is 0 Å². The molecule has 0 aromatic rings. The molecule has 0 spiro atoms. The predicted octanol–water partition coefficient (Wildman–Crippen LogP) is 7.22. The Morgan fingerprint density at radius 2 is 1.10 bits per heavy atom. The SMILES string of the molecule is CCCCCCCCCCCC(O)=CC(=O)OC(=CC(=O)O)CCCCCCC. The van der Waals surface area contributed by atoms with Crippen molar-refractivity contribution < 1.29 is 24.5 Å². The van der Waals surface area contributed by atoms with Crippen LogP contribution in [0.4, 0.5) is 0 Å². The lowest BCUT2D eigenvalue weighted by atomic mass is 10.1. The number of unbranched alkanes of at least 4 members (excludes halogenated alkanes) is 12. The zero-order valence-corrected chi connectivity index (χ0v) is 18.6. The van der Waals surface area contributed by atoms with Gasteiger partial charge >= 0.3 is 11.9 Å². The molecule has 29 heavy (non-hydrogen) atoms. The van der Waals surface area contributed by atoms with E-state index in [4.69, 9.17) is 9.84 Å². The molecular formula is C24H42O5. The maximum absolute atomic E-state index is 11.9. The summed E-state index contributed by atoms with van der Waals surface area (Å²) in [7, 11) is 0. The van der Waals surface area contributed by atoms with Crippen LogP contribution in [0.15, 0.2) is 23.7 Å². The molecule has 0 aliphatic rings. The van der Waals surface area contributed by atoms with Gasteiger partial charge in [0.15, 0.2) is 0 Å². The average molecular weight is 411 g/mol. The molecule has 0 rings (SSSR count). The Kier molecular flexibility index (Phi) is 18.3.